The zero-order valence-corrected chi connectivity index (χ0v) is 19.3. The van der Waals surface area contributed by atoms with Gasteiger partial charge in [-0.25, -0.2) is 15.0 Å². The summed E-state index contributed by atoms with van der Waals surface area (Å²) in [7, 11) is 0. The molecule has 3 aromatic rings. The van der Waals surface area contributed by atoms with Crippen LogP contribution >= 0.6 is 0 Å². The predicted molar refractivity (Wildman–Crippen MR) is 127 cm³/mol. The lowest BCUT2D eigenvalue weighted by Gasteiger charge is -2.40. The molecule has 4 heterocycles. The number of anilines is 2. The first-order valence-electron chi connectivity index (χ1n) is 11.9. The lowest BCUT2D eigenvalue weighted by atomic mass is 9.89. The fourth-order valence-corrected chi connectivity index (χ4v) is 4.91. The van der Waals surface area contributed by atoms with E-state index in [1.807, 2.05) is 18.5 Å². The van der Waals surface area contributed by atoms with Gasteiger partial charge in [0.25, 0.3) is 0 Å². The molecule has 2 aliphatic rings. The maximum Gasteiger partial charge on any atom is 0.240 e. The average Bonchev–Trinajstić information content (AvgIpc) is 3.32. The number of aromatic nitrogens is 5. The highest BCUT2D eigenvalue weighted by Gasteiger charge is 2.29. The van der Waals surface area contributed by atoms with Crippen LogP contribution in [0.15, 0.2) is 35.2 Å². The lowest BCUT2D eigenvalue weighted by molar-refractivity contribution is 0.293. The van der Waals surface area contributed by atoms with E-state index in [4.69, 9.17) is 4.52 Å². The first kappa shape index (κ1) is 22.2. The number of piperidine rings is 1. The summed E-state index contributed by atoms with van der Waals surface area (Å²) in [6.45, 7) is 3.65. The minimum atomic E-state index is 0.298. The second-order valence-electron chi connectivity index (χ2n) is 9.04. The van der Waals surface area contributed by atoms with Crippen molar-refractivity contribution in [2.45, 2.75) is 63.6 Å². The Morgan fingerprint density at radius 3 is 2.65 bits per heavy atom. The van der Waals surface area contributed by atoms with E-state index in [1.165, 1.54) is 12.8 Å². The van der Waals surface area contributed by atoms with Gasteiger partial charge in [0.05, 0.1) is 29.7 Å². The van der Waals surface area contributed by atoms with Crippen LogP contribution in [-0.4, -0.2) is 56.3 Å². The standard InChI is InChI=1S/C24H29N9O/c1-16-29-24(32-34-16)23-27-13-19(14-28-23)33-10-4-5-18(15-33)30-20-6-2-3-7-21(20)31-22-11-17(12-25)8-9-26-22/h8-9,11,13-14,18,20-21,30H,2-7,10,15H2,1H3,(H,26,31). The Kier molecular flexibility index (Phi) is 6.62. The van der Waals surface area contributed by atoms with Crippen LogP contribution in [0, 0.1) is 18.3 Å². The molecule has 0 aromatic carbocycles. The molecule has 1 aliphatic heterocycles. The molecule has 2 N–H and O–H groups in total. The number of nitrogens with one attached hydrogen (secondary N) is 2. The van der Waals surface area contributed by atoms with E-state index >= 15 is 0 Å². The van der Waals surface area contributed by atoms with Gasteiger partial charge in [-0.3, -0.25) is 0 Å². The van der Waals surface area contributed by atoms with Gasteiger partial charge in [0.15, 0.2) is 0 Å². The van der Waals surface area contributed by atoms with Crippen LogP contribution in [0.1, 0.15) is 50.0 Å². The zero-order chi connectivity index (χ0) is 23.3. The van der Waals surface area contributed by atoms with Crippen LogP contribution in [0.5, 0.6) is 0 Å². The molecule has 5 rings (SSSR count). The van der Waals surface area contributed by atoms with Crippen molar-refractivity contribution < 1.29 is 4.52 Å². The monoisotopic (exact) mass is 459 g/mol. The Bertz CT molecular complexity index is 1140. The minimum absolute atomic E-state index is 0.298. The number of rotatable bonds is 6. The van der Waals surface area contributed by atoms with Crippen molar-refractivity contribution in [3.05, 3.63) is 42.2 Å². The van der Waals surface area contributed by atoms with E-state index in [9.17, 15) is 5.26 Å². The molecule has 0 bridgehead atoms. The molecular formula is C24H29N9O. The molecular weight excluding hydrogens is 430 g/mol. The topological polar surface area (TPSA) is 129 Å². The molecule has 34 heavy (non-hydrogen) atoms. The Morgan fingerprint density at radius 1 is 1.06 bits per heavy atom. The number of hydrogen-bond acceptors (Lipinski definition) is 10. The molecule has 1 saturated heterocycles. The first-order valence-corrected chi connectivity index (χ1v) is 11.9. The number of nitriles is 1. The summed E-state index contributed by atoms with van der Waals surface area (Å²) in [5, 5.41) is 20.6. The summed E-state index contributed by atoms with van der Waals surface area (Å²) >= 11 is 0. The van der Waals surface area contributed by atoms with E-state index < -0.39 is 0 Å². The Hall–Kier alpha value is -3.58. The van der Waals surface area contributed by atoms with Gasteiger partial charge in [-0.2, -0.15) is 10.2 Å². The second kappa shape index (κ2) is 10.1. The normalized spacial score (nSPS) is 22.8. The largest absolute Gasteiger partial charge is 0.367 e. The molecule has 10 heteroatoms. The summed E-state index contributed by atoms with van der Waals surface area (Å²) in [4.78, 5) is 19.9. The third kappa shape index (κ3) is 5.15. The van der Waals surface area contributed by atoms with Gasteiger partial charge in [-0.05, 0) is 37.8 Å². The van der Waals surface area contributed by atoms with E-state index in [0.29, 0.717) is 41.2 Å². The SMILES string of the molecule is Cc1nc(-c2ncc(N3CCCC(NC4CCCCC4Nc4cc(C#N)ccn4)C3)cn2)no1. The van der Waals surface area contributed by atoms with Crippen molar-refractivity contribution >= 4 is 11.5 Å². The van der Waals surface area contributed by atoms with Gasteiger partial charge >= 0.3 is 0 Å². The molecule has 2 fully saturated rings. The van der Waals surface area contributed by atoms with E-state index in [2.05, 4.69) is 46.7 Å². The van der Waals surface area contributed by atoms with Crippen LogP contribution in [0.2, 0.25) is 0 Å². The van der Waals surface area contributed by atoms with Crippen LogP contribution < -0.4 is 15.5 Å². The lowest BCUT2D eigenvalue weighted by Crippen LogP contribution is -2.55. The molecule has 0 amide bonds. The molecule has 1 saturated carbocycles. The Morgan fingerprint density at radius 2 is 1.88 bits per heavy atom. The third-order valence-corrected chi connectivity index (χ3v) is 6.59. The smallest absolute Gasteiger partial charge is 0.240 e. The maximum atomic E-state index is 9.19. The van der Waals surface area contributed by atoms with Crippen molar-refractivity contribution in [2.24, 2.45) is 0 Å². The summed E-state index contributed by atoms with van der Waals surface area (Å²) < 4.78 is 5.03. The zero-order valence-electron chi connectivity index (χ0n) is 19.3. The maximum absolute atomic E-state index is 9.19. The molecule has 3 unspecified atom stereocenters. The first-order chi connectivity index (χ1) is 16.7. The number of aryl methyl sites for hydroxylation is 1. The fraction of sp³-hybridized carbons (Fsp3) is 0.500. The summed E-state index contributed by atoms with van der Waals surface area (Å²) in [5.74, 6) is 2.15. The predicted octanol–water partition coefficient (Wildman–Crippen LogP) is 3.08. The molecule has 0 spiro atoms. The van der Waals surface area contributed by atoms with Crippen LogP contribution in [0.4, 0.5) is 11.5 Å². The quantitative estimate of drug-likeness (QED) is 0.567. The van der Waals surface area contributed by atoms with Crippen molar-refractivity contribution in [3.8, 4) is 17.7 Å². The van der Waals surface area contributed by atoms with Crippen LogP contribution in [0.3, 0.4) is 0 Å². The summed E-state index contributed by atoms with van der Waals surface area (Å²) in [5.41, 5.74) is 1.63. The van der Waals surface area contributed by atoms with Crippen molar-refractivity contribution in [3.63, 3.8) is 0 Å². The van der Waals surface area contributed by atoms with Crippen molar-refractivity contribution in [1.29, 1.82) is 5.26 Å². The van der Waals surface area contributed by atoms with E-state index in [-0.39, 0.29) is 0 Å². The average molecular weight is 460 g/mol. The highest BCUT2D eigenvalue weighted by atomic mass is 16.5. The third-order valence-electron chi connectivity index (χ3n) is 6.59. The molecule has 3 aromatic heterocycles. The number of pyridine rings is 1. The molecule has 0 radical (unpaired) electrons. The van der Waals surface area contributed by atoms with Crippen LogP contribution in [-0.2, 0) is 0 Å². The second-order valence-corrected chi connectivity index (χ2v) is 9.04. The number of nitrogens with zero attached hydrogens (tertiary/aromatic N) is 7. The summed E-state index contributed by atoms with van der Waals surface area (Å²) in [6.07, 6.45) is 12.3. The van der Waals surface area contributed by atoms with E-state index in [1.54, 1.807) is 19.2 Å². The van der Waals surface area contributed by atoms with Gasteiger partial charge in [0, 0.05) is 44.3 Å². The molecule has 176 valence electrons. The fourth-order valence-electron chi connectivity index (χ4n) is 4.91. The summed E-state index contributed by atoms with van der Waals surface area (Å²) in [6, 6.07) is 6.81. The van der Waals surface area contributed by atoms with Crippen molar-refractivity contribution in [1.82, 2.24) is 30.4 Å². The van der Waals surface area contributed by atoms with Gasteiger partial charge in [-0.1, -0.05) is 18.0 Å². The Balaban J connectivity index is 1.22. The molecule has 10 nitrogen and oxygen atoms in total. The van der Waals surface area contributed by atoms with Gasteiger partial charge in [0.1, 0.15) is 5.82 Å². The van der Waals surface area contributed by atoms with Gasteiger partial charge in [-0.15, -0.1) is 0 Å². The van der Waals surface area contributed by atoms with Gasteiger partial charge < -0.3 is 20.1 Å². The van der Waals surface area contributed by atoms with Gasteiger partial charge in [0.2, 0.25) is 17.5 Å². The number of hydrogen-bond donors (Lipinski definition) is 2. The molecule has 1 aliphatic carbocycles. The van der Waals surface area contributed by atoms with E-state index in [0.717, 1.165) is 50.3 Å². The molecule has 3 atom stereocenters. The van der Waals surface area contributed by atoms with Crippen LogP contribution in [0.25, 0.3) is 11.6 Å². The highest BCUT2D eigenvalue weighted by Crippen LogP contribution is 2.25. The minimum Gasteiger partial charge on any atom is -0.367 e. The highest BCUT2D eigenvalue weighted by molar-refractivity contribution is 5.49. The Labute approximate surface area is 198 Å². The van der Waals surface area contributed by atoms with Crippen molar-refractivity contribution in [2.75, 3.05) is 23.3 Å².